The highest BCUT2D eigenvalue weighted by molar-refractivity contribution is 5.82. The van der Waals surface area contributed by atoms with Gasteiger partial charge in [0, 0.05) is 24.6 Å². The molecule has 0 radical (unpaired) electrons. The molecule has 1 spiro atoms. The standard InChI is InChI=1S/C22H23F3N2O/c23-18-6-7-19(24)20(25)16(18)14-27-10-8-22(9-11-27)12-17(22)21(28)26-13-15-4-2-1-3-5-15/h1-7,17H,8-14H2,(H,26,28). The highest BCUT2D eigenvalue weighted by Gasteiger charge is 2.58. The topological polar surface area (TPSA) is 32.3 Å². The molecule has 1 unspecified atom stereocenters. The smallest absolute Gasteiger partial charge is 0.223 e. The van der Waals surface area contributed by atoms with Crippen molar-refractivity contribution in [3.8, 4) is 0 Å². The highest BCUT2D eigenvalue weighted by Crippen LogP contribution is 2.59. The van der Waals surface area contributed by atoms with Crippen molar-refractivity contribution in [2.75, 3.05) is 13.1 Å². The van der Waals surface area contributed by atoms with Crippen molar-refractivity contribution in [1.82, 2.24) is 10.2 Å². The van der Waals surface area contributed by atoms with E-state index in [0.29, 0.717) is 19.6 Å². The van der Waals surface area contributed by atoms with Crippen LogP contribution in [0.4, 0.5) is 13.2 Å². The summed E-state index contributed by atoms with van der Waals surface area (Å²) < 4.78 is 41.1. The zero-order valence-electron chi connectivity index (χ0n) is 15.6. The Balaban J connectivity index is 1.29. The van der Waals surface area contributed by atoms with Crippen molar-refractivity contribution >= 4 is 5.91 Å². The fraction of sp³-hybridized carbons (Fsp3) is 0.409. The Morgan fingerprint density at radius 2 is 1.71 bits per heavy atom. The lowest BCUT2D eigenvalue weighted by Crippen LogP contribution is -2.37. The first-order chi connectivity index (χ1) is 13.5. The number of hydrogen-bond donors (Lipinski definition) is 1. The maximum atomic E-state index is 13.9. The van der Waals surface area contributed by atoms with Crippen molar-refractivity contribution in [3.05, 3.63) is 71.0 Å². The molecule has 1 amide bonds. The average molecular weight is 388 g/mol. The van der Waals surface area contributed by atoms with Crippen LogP contribution in [-0.4, -0.2) is 23.9 Å². The van der Waals surface area contributed by atoms with Crippen LogP contribution in [0.5, 0.6) is 0 Å². The summed E-state index contributed by atoms with van der Waals surface area (Å²) in [4.78, 5) is 14.4. The van der Waals surface area contributed by atoms with Gasteiger partial charge in [-0.15, -0.1) is 0 Å². The molecular formula is C22H23F3N2O. The van der Waals surface area contributed by atoms with E-state index in [-0.39, 0.29) is 29.3 Å². The van der Waals surface area contributed by atoms with Crippen LogP contribution in [0.1, 0.15) is 30.4 Å². The number of nitrogens with one attached hydrogen (secondary N) is 1. The van der Waals surface area contributed by atoms with E-state index >= 15 is 0 Å². The molecule has 1 aliphatic heterocycles. The van der Waals surface area contributed by atoms with Gasteiger partial charge in [0.25, 0.3) is 0 Å². The Morgan fingerprint density at radius 3 is 2.43 bits per heavy atom. The Labute approximate surface area is 162 Å². The maximum absolute atomic E-state index is 13.9. The van der Waals surface area contributed by atoms with E-state index in [9.17, 15) is 18.0 Å². The number of halogens is 3. The van der Waals surface area contributed by atoms with E-state index in [0.717, 1.165) is 37.0 Å². The lowest BCUT2D eigenvalue weighted by atomic mass is 9.90. The van der Waals surface area contributed by atoms with E-state index in [1.165, 1.54) is 0 Å². The average Bonchev–Trinajstić information content (AvgIpc) is 3.42. The number of rotatable bonds is 5. The number of carbonyl (C=O) groups is 1. The molecule has 2 fully saturated rings. The second-order valence-electron chi connectivity index (χ2n) is 7.92. The minimum absolute atomic E-state index is 0.0102. The lowest BCUT2D eigenvalue weighted by Gasteiger charge is -2.33. The molecule has 0 aromatic heterocycles. The van der Waals surface area contributed by atoms with Crippen LogP contribution >= 0.6 is 0 Å². The summed E-state index contributed by atoms with van der Waals surface area (Å²) in [6.07, 6.45) is 2.49. The van der Waals surface area contributed by atoms with E-state index < -0.39 is 17.5 Å². The Hall–Kier alpha value is -2.34. The van der Waals surface area contributed by atoms with Gasteiger partial charge in [-0.1, -0.05) is 30.3 Å². The molecule has 1 saturated carbocycles. The van der Waals surface area contributed by atoms with Gasteiger partial charge in [0.2, 0.25) is 5.91 Å². The monoisotopic (exact) mass is 388 g/mol. The quantitative estimate of drug-likeness (QED) is 0.785. The minimum Gasteiger partial charge on any atom is -0.352 e. The molecule has 0 bridgehead atoms. The summed E-state index contributed by atoms with van der Waals surface area (Å²) in [5, 5.41) is 3.01. The predicted octanol–water partition coefficient (Wildman–Crippen LogP) is 4.02. The van der Waals surface area contributed by atoms with E-state index in [2.05, 4.69) is 5.32 Å². The summed E-state index contributed by atoms with van der Waals surface area (Å²) in [6, 6.07) is 11.6. The summed E-state index contributed by atoms with van der Waals surface area (Å²) in [5.74, 6) is -2.75. The van der Waals surface area contributed by atoms with Crippen molar-refractivity contribution < 1.29 is 18.0 Å². The Kier molecular flexibility index (Phi) is 5.15. The number of carbonyl (C=O) groups excluding carboxylic acids is 1. The zero-order valence-corrected chi connectivity index (χ0v) is 15.6. The molecule has 28 heavy (non-hydrogen) atoms. The molecule has 2 aromatic carbocycles. The van der Waals surface area contributed by atoms with Gasteiger partial charge in [-0.25, -0.2) is 13.2 Å². The third-order valence-corrected chi connectivity index (χ3v) is 6.19. The van der Waals surface area contributed by atoms with Gasteiger partial charge in [-0.3, -0.25) is 9.69 Å². The predicted molar refractivity (Wildman–Crippen MR) is 99.7 cm³/mol. The first-order valence-corrected chi connectivity index (χ1v) is 9.65. The van der Waals surface area contributed by atoms with E-state index in [4.69, 9.17) is 0 Å². The molecule has 1 heterocycles. The second-order valence-corrected chi connectivity index (χ2v) is 7.92. The van der Waals surface area contributed by atoms with Gasteiger partial charge in [-0.05, 0) is 55.5 Å². The van der Waals surface area contributed by atoms with Gasteiger partial charge in [-0.2, -0.15) is 0 Å². The fourth-order valence-electron chi connectivity index (χ4n) is 4.27. The molecule has 2 aromatic rings. The zero-order chi connectivity index (χ0) is 19.7. The van der Waals surface area contributed by atoms with Crippen LogP contribution in [-0.2, 0) is 17.9 Å². The normalized spacial score (nSPS) is 20.9. The van der Waals surface area contributed by atoms with Crippen molar-refractivity contribution in [3.63, 3.8) is 0 Å². The van der Waals surface area contributed by atoms with Gasteiger partial charge in [0.15, 0.2) is 11.6 Å². The molecule has 1 saturated heterocycles. The SMILES string of the molecule is O=C(NCc1ccccc1)C1CC12CCN(Cc1c(F)ccc(F)c1F)CC2. The molecule has 2 aliphatic rings. The van der Waals surface area contributed by atoms with Crippen LogP contribution in [0, 0.1) is 28.8 Å². The molecule has 3 nitrogen and oxygen atoms in total. The van der Waals surface area contributed by atoms with Crippen LogP contribution in [0.3, 0.4) is 0 Å². The summed E-state index contributed by atoms with van der Waals surface area (Å²) in [6.45, 7) is 1.88. The molecule has 1 atom stereocenters. The molecule has 4 rings (SSSR count). The highest BCUT2D eigenvalue weighted by atomic mass is 19.2. The molecule has 1 N–H and O–H groups in total. The fourth-order valence-corrected chi connectivity index (χ4v) is 4.27. The number of amides is 1. The van der Waals surface area contributed by atoms with Gasteiger partial charge in [0.1, 0.15) is 5.82 Å². The van der Waals surface area contributed by atoms with Crippen LogP contribution < -0.4 is 5.32 Å². The largest absolute Gasteiger partial charge is 0.352 e. The summed E-state index contributed by atoms with van der Waals surface area (Å²) in [7, 11) is 0. The first kappa shape index (κ1) is 19.0. The Bertz CT molecular complexity index is 864. The minimum atomic E-state index is -1.11. The number of hydrogen-bond acceptors (Lipinski definition) is 2. The third-order valence-electron chi connectivity index (χ3n) is 6.19. The van der Waals surface area contributed by atoms with E-state index in [1.807, 2.05) is 35.2 Å². The summed E-state index contributed by atoms with van der Waals surface area (Å²) in [5.41, 5.74) is 0.861. The van der Waals surface area contributed by atoms with Gasteiger partial charge in [0.05, 0.1) is 0 Å². The van der Waals surface area contributed by atoms with E-state index in [1.54, 1.807) is 0 Å². The second kappa shape index (κ2) is 7.59. The number of nitrogens with zero attached hydrogens (tertiary/aromatic N) is 1. The molecule has 1 aliphatic carbocycles. The van der Waals surface area contributed by atoms with Crippen molar-refractivity contribution in [2.24, 2.45) is 11.3 Å². The van der Waals surface area contributed by atoms with Crippen LogP contribution in [0.15, 0.2) is 42.5 Å². The summed E-state index contributed by atoms with van der Waals surface area (Å²) >= 11 is 0. The van der Waals surface area contributed by atoms with Gasteiger partial charge < -0.3 is 5.32 Å². The van der Waals surface area contributed by atoms with Crippen molar-refractivity contribution in [2.45, 2.75) is 32.4 Å². The number of piperidine rings is 1. The van der Waals surface area contributed by atoms with Gasteiger partial charge >= 0.3 is 0 Å². The van der Waals surface area contributed by atoms with Crippen molar-refractivity contribution in [1.29, 1.82) is 0 Å². The Morgan fingerprint density at radius 1 is 1.04 bits per heavy atom. The number of likely N-dealkylation sites (tertiary alicyclic amines) is 1. The third kappa shape index (κ3) is 3.78. The lowest BCUT2D eigenvalue weighted by molar-refractivity contribution is -0.123. The molecule has 148 valence electrons. The molecular weight excluding hydrogens is 365 g/mol. The van der Waals surface area contributed by atoms with Crippen LogP contribution in [0.25, 0.3) is 0 Å². The maximum Gasteiger partial charge on any atom is 0.223 e. The van der Waals surface area contributed by atoms with Crippen LogP contribution in [0.2, 0.25) is 0 Å². The number of benzene rings is 2. The molecule has 6 heteroatoms. The first-order valence-electron chi connectivity index (χ1n) is 9.65.